The van der Waals surface area contributed by atoms with Gasteiger partial charge in [0.1, 0.15) is 6.04 Å². The van der Waals surface area contributed by atoms with Crippen LogP contribution in [0, 0.1) is 0 Å². The molecule has 0 saturated heterocycles. The van der Waals surface area contributed by atoms with Crippen LogP contribution in [0.4, 0.5) is 13.2 Å². The number of amides is 1. The van der Waals surface area contributed by atoms with Gasteiger partial charge in [-0.25, -0.2) is 19.6 Å². The minimum atomic E-state index is -4.58. The number of rotatable bonds is 6. The van der Waals surface area contributed by atoms with Crippen LogP contribution in [-0.4, -0.2) is 41.4 Å². The van der Waals surface area contributed by atoms with Crippen LogP contribution in [0.3, 0.4) is 0 Å². The lowest BCUT2D eigenvalue weighted by atomic mass is 10.0. The van der Waals surface area contributed by atoms with Crippen LogP contribution in [-0.2, 0) is 5.54 Å². The summed E-state index contributed by atoms with van der Waals surface area (Å²) in [6.45, 7) is 4.84. The highest BCUT2D eigenvalue weighted by molar-refractivity contribution is 5.93. The lowest BCUT2D eigenvalue weighted by molar-refractivity contribution is -0.163. The molecule has 1 saturated carbocycles. The summed E-state index contributed by atoms with van der Waals surface area (Å²) in [7, 11) is 0. The van der Waals surface area contributed by atoms with Crippen molar-refractivity contribution in [2.24, 2.45) is 0 Å². The molecule has 1 aliphatic carbocycles. The number of aromatic nitrogens is 6. The van der Waals surface area contributed by atoms with Gasteiger partial charge in [-0.2, -0.15) is 18.3 Å². The summed E-state index contributed by atoms with van der Waals surface area (Å²) < 4.78 is 41.7. The van der Waals surface area contributed by atoms with E-state index in [2.05, 4.69) is 25.4 Å². The first-order chi connectivity index (χ1) is 17.5. The maximum atomic E-state index is 13.1. The van der Waals surface area contributed by atoms with Gasteiger partial charge in [0.05, 0.1) is 29.0 Å². The second kappa shape index (κ2) is 8.79. The molecule has 0 aliphatic heterocycles. The number of carbonyl (C=O) groups excluding carboxylic acids is 1. The quantitative estimate of drug-likeness (QED) is 0.416. The molecule has 1 aromatic carbocycles. The summed E-state index contributed by atoms with van der Waals surface area (Å²) >= 11 is 0. The van der Waals surface area contributed by atoms with Crippen molar-refractivity contribution < 1.29 is 18.0 Å². The van der Waals surface area contributed by atoms with Crippen molar-refractivity contribution in [3.63, 3.8) is 0 Å². The van der Waals surface area contributed by atoms with Crippen LogP contribution >= 0.6 is 0 Å². The normalized spacial score (nSPS) is 15.6. The van der Waals surface area contributed by atoms with Crippen molar-refractivity contribution in [1.29, 1.82) is 0 Å². The second-order valence-corrected chi connectivity index (χ2v) is 9.51. The minimum absolute atomic E-state index is 0.0347. The molecule has 192 valence electrons. The average Bonchev–Trinajstić information content (AvgIpc) is 3.51. The van der Waals surface area contributed by atoms with Gasteiger partial charge in [0, 0.05) is 18.4 Å². The fraction of sp³-hybridized carbons (Fsp3) is 0.360. The predicted octanol–water partition coefficient (Wildman–Crippen LogP) is 4.17. The fourth-order valence-corrected chi connectivity index (χ4v) is 4.23. The first-order valence-corrected chi connectivity index (χ1v) is 11.8. The van der Waals surface area contributed by atoms with E-state index in [1.165, 1.54) is 6.20 Å². The van der Waals surface area contributed by atoms with E-state index in [9.17, 15) is 22.8 Å². The Morgan fingerprint density at radius 3 is 2.41 bits per heavy atom. The van der Waals surface area contributed by atoms with E-state index in [4.69, 9.17) is 0 Å². The van der Waals surface area contributed by atoms with Gasteiger partial charge in [-0.05, 0) is 44.7 Å². The summed E-state index contributed by atoms with van der Waals surface area (Å²) in [4.78, 5) is 38.2. The molecule has 0 unspecified atom stereocenters. The number of nitrogens with one attached hydrogen (secondary N) is 1. The Bertz CT molecular complexity index is 1540. The van der Waals surface area contributed by atoms with Crippen LogP contribution < -0.4 is 10.9 Å². The largest absolute Gasteiger partial charge is 0.409 e. The molecular formula is C25H24F3N7O2. The summed E-state index contributed by atoms with van der Waals surface area (Å²) in [6.07, 6.45) is 2.19. The topological polar surface area (TPSA) is 108 Å². The van der Waals surface area contributed by atoms with Gasteiger partial charge in [0.25, 0.3) is 11.5 Å². The second-order valence-electron chi connectivity index (χ2n) is 9.51. The summed E-state index contributed by atoms with van der Waals surface area (Å²) in [5, 5.41) is 8.05. The van der Waals surface area contributed by atoms with E-state index in [-0.39, 0.29) is 17.4 Å². The molecule has 12 heteroatoms. The number of halogens is 3. The van der Waals surface area contributed by atoms with Crippen LogP contribution in [0.15, 0.2) is 54.0 Å². The zero-order valence-electron chi connectivity index (χ0n) is 20.3. The van der Waals surface area contributed by atoms with E-state index in [1.54, 1.807) is 41.3 Å². The third-order valence-electron chi connectivity index (χ3n) is 6.63. The third-order valence-corrected chi connectivity index (χ3v) is 6.63. The first kappa shape index (κ1) is 24.6. The Hall–Kier alpha value is -4.09. The van der Waals surface area contributed by atoms with Crippen molar-refractivity contribution in [3.8, 4) is 11.1 Å². The van der Waals surface area contributed by atoms with E-state index in [1.807, 2.05) is 13.8 Å². The molecule has 1 fully saturated rings. The van der Waals surface area contributed by atoms with Gasteiger partial charge in [-0.15, -0.1) is 0 Å². The van der Waals surface area contributed by atoms with Gasteiger partial charge in [0.15, 0.2) is 5.65 Å². The Balaban J connectivity index is 1.38. The van der Waals surface area contributed by atoms with Gasteiger partial charge in [-0.3, -0.25) is 14.2 Å². The van der Waals surface area contributed by atoms with Crippen LogP contribution in [0.1, 0.15) is 61.9 Å². The lowest BCUT2D eigenvalue weighted by Crippen LogP contribution is -2.36. The molecule has 1 N–H and O–H groups in total. The van der Waals surface area contributed by atoms with Crippen molar-refractivity contribution >= 4 is 16.9 Å². The van der Waals surface area contributed by atoms with Gasteiger partial charge < -0.3 is 5.32 Å². The Kier molecular flexibility index (Phi) is 5.84. The smallest absolute Gasteiger partial charge is 0.340 e. The Labute approximate surface area is 209 Å². The Morgan fingerprint density at radius 2 is 1.78 bits per heavy atom. The predicted molar refractivity (Wildman–Crippen MR) is 129 cm³/mol. The molecule has 3 aromatic heterocycles. The lowest BCUT2D eigenvalue weighted by Gasteiger charge is -2.19. The number of nitrogens with zero attached hydrogens (tertiary/aromatic N) is 6. The molecule has 1 aliphatic rings. The maximum absolute atomic E-state index is 13.1. The van der Waals surface area contributed by atoms with Crippen LogP contribution in [0.25, 0.3) is 22.2 Å². The highest BCUT2D eigenvalue weighted by atomic mass is 19.4. The monoisotopic (exact) mass is 511 g/mol. The van der Waals surface area contributed by atoms with Crippen LogP contribution in [0.2, 0.25) is 0 Å². The zero-order chi connectivity index (χ0) is 26.5. The number of benzene rings is 1. The molecule has 9 nitrogen and oxygen atoms in total. The number of carbonyl (C=O) groups is 1. The van der Waals surface area contributed by atoms with Crippen molar-refractivity contribution in [2.75, 3.05) is 0 Å². The van der Waals surface area contributed by atoms with E-state index >= 15 is 0 Å². The maximum Gasteiger partial charge on any atom is 0.409 e. The van der Waals surface area contributed by atoms with E-state index in [0.717, 1.165) is 24.2 Å². The summed E-state index contributed by atoms with van der Waals surface area (Å²) in [6, 6.07) is 4.86. The van der Waals surface area contributed by atoms with E-state index < -0.39 is 29.2 Å². The molecule has 5 rings (SSSR count). The van der Waals surface area contributed by atoms with Gasteiger partial charge in [-0.1, -0.05) is 24.3 Å². The van der Waals surface area contributed by atoms with Gasteiger partial charge in [0.2, 0.25) is 5.82 Å². The number of hydrogen-bond acceptors (Lipinski definition) is 6. The highest BCUT2D eigenvalue weighted by Gasteiger charge is 2.46. The summed E-state index contributed by atoms with van der Waals surface area (Å²) in [5.41, 5.74) is 0.490. The molecule has 4 aromatic rings. The highest BCUT2D eigenvalue weighted by Crippen LogP contribution is 2.46. The molecule has 0 radical (unpaired) electrons. The standard InChI is InChI=1S/C25H24F3N7O2/c1-14(2)35-21-17(11-31-35)10-30-20(32-21)22(36)33-24(8-9-24)18-6-4-16(5-7-18)19-12-29-13-34(23(19)37)15(3)25(26,27)28/h4-7,10-15H,8-9H2,1-3H3,(H,33,36)/t15-/m1/s1. The molecule has 1 amide bonds. The fourth-order valence-electron chi connectivity index (χ4n) is 4.23. The number of alkyl halides is 3. The minimum Gasteiger partial charge on any atom is -0.340 e. The number of hydrogen-bond donors (Lipinski definition) is 1. The SMILES string of the molecule is CC(C)n1ncc2cnc(C(=O)NC3(c4ccc(-c5cncn([C@H](C)C(F)(F)F)c5=O)cc4)CC3)nc21. The van der Waals surface area contributed by atoms with Crippen LogP contribution in [0.5, 0.6) is 0 Å². The van der Waals surface area contributed by atoms with Gasteiger partial charge >= 0.3 is 6.18 Å². The first-order valence-electron chi connectivity index (χ1n) is 11.8. The Morgan fingerprint density at radius 1 is 1.08 bits per heavy atom. The third kappa shape index (κ3) is 4.47. The van der Waals surface area contributed by atoms with Crippen molar-refractivity contribution in [1.82, 2.24) is 34.6 Å². The molecule has 0 spiro atoms. The van der Waals surface area contributed by atoms with Crippen molar-refractivity contribution in [2.45, 2.75) is 57.4 Å². The molecule has 0 bridgehead atoms. The average molecular weight is 512 g/mol. The summed E-state index contributed by atoms with van der Waals surface area (Å²) in [5.74, 6) is -0.385. The number of fused-ring (bicyclic) bond motifs is 1. The molecule has 37 heavy (non-hydrogen) atoms. The molecular weight excluding hydrogens is 487 g/mol. The molecule has 1 atom stereocenters. The molecule has 3 heterocycles. The van der Waals surface area contributed by atoms with E-state index in [0.29, 0.717) is 28.6 Å². The zero-order valence-corrected chi connectivity index (χ0v) is 20.3. The van der Waals surface area contributed by atoms with Crippen molar-refractivity contribution in [3.05, 3.63) is 70.9 Å².